The van der Waals surface area contributed by atoms with Gasteiger partial charge in [-0.3, -0.25) is 4.79 Å². The number of carbonyl (C=O) groups is 1. The zero-order chi connectivity index (χ0) is 18.7. The van der Waals surface area contributed by atoms with E-state index in [1.54, 1.807) is 24.3 Å². The Balaban J connectivity index is 1.66. The smallest absolute Gasteiger partial charge is 0.284 e. The van der Waals surface area contributed by atoms with E-state index < -0.39 is 12.0 Å². The number of hydrazone groups is 1. The lowest BCUT2D eigenvalue weighted by atomic mass is 9.87. The van der Waals surface area contributed by atoms with Gasteiger partial charge in [-0.15, -0.1) is 0 Å². The second kappa shape index (κ2) is 7.07. The lowest BCUT2D eigenvalue weighted by molar-refractivity contribution is -0.130. The van der Waals surface area contributed by atoms with Crippen LogP contribution in [0.4, 0.5) is 0 Å². The van der Waals surface area contributed by atoms with Crippen LogP contribution in [0.1, 0.15) is 31.9 Å². The molecule has 2 N–H and O–H groups in total. The summed E-state index contributed by atoms with van der Waals surface area (Å²) in [6, 6.07) is 12.5. The summed E-state index contributed by atoms with van der Waals surface area (Å²) >= 11 is 0. The zero-order valence-corrected chi connectivity index (χ0v) is 15.0. The number of carbonyl (C=O) groups excluding carboxylic acids is 1. The minimum Gasteiger partial charge on any atom is -0.507 e. The molecule has 0 spiro atoms. The lowest BCUT2D eigenvalue weighted by Crippen LogP contribution is -2.42. The average Bonchev–Trinajstić information content (AvgIpc) is 2.61. The van der Waals surface area contributed by atoms with Gasteiger partial charge in [-0.2, -0.15) is 5.10 Å². The summed E-state index contributed by atoms with van der Waals surface area (Å²) in [4.78, 5) is 12.3. The number of hydrogen-bond donors (Lipinski definition) is 2. The predicted octanol–water partition coefficient (Wildman–Crippen LogP) is 2.98. The molecular weight excluding hydrogens is 332 g/mol. The van der Waals surface area contributed by atoms with E-state index in [4.69, 9.17) is 9.47 Å². The van der Waals surface area contributed by atoms with Gasteiger partial charge in [0.2, 0.25) is 6.10 Å². The number of phenols is 1. The Morgan fingerprint density at radius 3 is 2.73 bits per heavy atom. The Labute approximate surface area is 152 Å². The fourth-order valence-electron chi connectivity index (χ4n) is 2.50. The first-order valence-corrected chi connectivity index (χ1v) is 8.39. The Morgan fingerprint density at radius 1 is 1.23 bits per heavy atom. The van der Waals surface area contributed by atoms with Crippen molar-refractivity contribution >= 4 is 12.1 Å². The number of amides is 1. The topological polar surface area (TPSA) is 80.2 Å². The molecule has 6 nitrogen and oxygen atoms in total. The van der Waals surface area contributed by atoms with Crippen molar-refractivity contribution in [2.45, 2.75) is 32.3 Å². The van der Waals surface area contributed by atoms with Crippen molar-refractivity contribution in [2.24, 2.45) is 5.10 Å². The fourth-order valence-corrected chi connectivity index (χ4v) is 2.50. The Hall–Kier alpha value is -3.02. The Kier molecular flexibility index (Phi) is 4.84. The van der Waals surface area contributed by atoms with E-state index >= 15 is 0 Å². The summed E-state index contributed by atoms with van der Waals surface area (Å²) in [6.45, 7) is 6.43. The lowest BCUT2D eigenvalue weighted by Gasteiger charge is -2.27. The number of nitrogens with zero attached hydrogens (tertiary/aromatic N) is 1. The normalized spacial score (nSPS) is 16.5. The van der Waals surface area contributed by atoms with Gasteiger partial charge in [0, 0.05) is 5.56 Å². The summed E-state index contributed by atoms with van der Waals surface area (Å²) in [6.07, 6.45) is 0.585. The molecule has 136 valence electrons. The van der Waals surface area contributed by atoms with Crippen molar-refractivity contribution in [1.82, 2.24) is 5.43 Å². The highest BCUT2D eigenvalue weighted by molar-refractivity contribution is 5.86. The van der Waals surface area contributed by atoms with Crippen LogP contribution >= 0.6 is 0 Å². The monoisotopic (exact) mass is 354 g/mol. The molecule has 1 unspecified atom stereocenters. The molecule has 0 saturated heterocycles. The number of aromatic hydroxyl groups is 1. The molecule has 6 heteroatoms. The maximum absolute atomic E-state index is 12.3. The molecule has 0 fully saturated rings. The van der Waals surface area contributed by atoms with Crippen LogP contribution in [0.2, 0.25) is 0 Å². The van der Waals surface area contributed by atoms with Gasteiger partial charge >= 0.3 is 0 Å². The zero-order valence-electron chi connectivity index (χ0n) is 15.0. The highest BCUT2D eigenvalue weighted by Gasteiger charge is 2.28. The number of phenolic OH excluding ortho intramolecular Hbond substituents is 1. The van der Waals surface area contributed by atoms with Gasteiger partial charge in [0.05, 0.1) is 6.21 Å². The van der Waals surface area contributed by atoms with E-state index in [9.17, 15) is 9.90 Å². The van der Waals surface area contributed by atoms with E-state index in [0.29, 0.717) is 17.1 Å². The van der Waals surface area contributed by atoms with Crippen LogP contribution in [-0.2, 0) is 10.2 Å². The maximum atomic E-state index is 12.3. The average molecular weight is 354 g/mol. The highest BCUT2D eigenvalue weighted by atomic mass is 16.6. The summed E-state index contributed by atoms with van der Waals surface area (Å²) in [5.41, 5.74) is 3.99. The predicted molar refractivity (Wildman–Crippen MR) is 98.9 cm³/mol. The first-order valence-electron chi connectivity index (χ1n) is 8.39. The molecular formula is C20H22N2O4. The standard InChI is InChI=1S/C20H22N2O4/c1-20(2,3)14-8-9-16-17(10-14)26-18(12-25-16)19(24)22-21-11-13-6-4-5-7-15(13)23/h4-11,18,23H,12H2,1-3H3,(H,22,24)/b21-11-. The molecule has 1 heterocycles. The second-order valence-corrected chi connectivity index (χ2v) is 7.12. The van der Waals surface area contributed by atoms with Crippen molar-refractivity contribution in [1.29, 1.82) is 0 Å². The second-order valence-electron chi connectivity index (χ2n) is 7.12. The van der Waals surface area contributed by atoms with E-state index in [-0.39, 0.29) is 17.8 Å². The van der Waals surface area contributed by atoms with Crippen LogP contribution in [-0.4, -0.2) is 29.9 Å². The molecule has 0 radical (unpaired) electrons. The summed E-state index contributed by atoms with van der Waals surface area (Å²) < 4.78 is 11.4. The highest BCUT2D eigenvalue weighted by Crippen LogP contribution is 2.36. The number of para-hydroxylation sites is 1. The van der Waals surface area contributed by atoms with Crippen molar-refractivity contribution in [3.05, 3.63) is 53.6 Å². The number of benzene rings is 2. The molecule has 1 amide bonds. The molecule has 1 aliphatic heterocycles. The van der Waals surface area contributed by atoms with E-state index in [2.05, 4.69) is 31.3 Å². The molecule has 2 aromatic carbocycles. The number of nitrogens with one attached hydrogen (secondary N) is 1. The first kappa shape index (κ1) is 17.8. The molecule has 0 saturated carbocycles. The van der Waals surface area contributed by atoms with Gasteiger partial charge < -0.3 is 14.6 Å². The van der Waals surface area contributed by atoms with E-state index in [1.165, 1.54) is 6.21 Å². The molecule has 2 aromatic rings. The molecule has 0 bridgehead atoms. The minimum atomic E-state index is -0.792. The Morgan fingerprint density at radius 2 is 2.00 bits per heavy atom. The van der Waals surface area contributed by atoms with Gasteiger partial charge in [0.25, 0.3) is 5.91 Å². The van der Waals surface area contributed by atoms with Crippen LogP contribution in [0, 0.1) is 0 Å². The van der Waals surface area contributed by atoms with Crippen LogP contribution in [0.15, 0.2) is 47.6 Å². The third kappa shape index (κ3) is 3.96. The third-order valence-electron chi connectivity index (χ3n) is 4.08. The van der Waals surface area contributed by atoms with Crippen molar-refractivity contribution < 1.29 is 19.4 Å². The number of rotatable bonds is 3. The first-order chi connectivity index (χ1) is 12.3. The largest absolute Gasteiger partial charge is 0.507 e. The van der Waals surface area contributed by atoms with Gasteiger partial charge in [-0.25, -0.2) is 5.43 Å². The SMILES string of the molecule is CC(C)(C)c1ccc2c(c1)OC(C(=O)N/N=C\c1ccccc1O)CO2. The quantitative estimate of drug-likeness (QED) is 0.656. The minimum absolute atomic E-state index is 0.0322. The van der Waals surface area contributed by atoms with Crippen LogP contribution in [0.3, 0.4) is 0 Å². The molecule has 26 heavy (non-hydrogen) atoms. The van der Waals surface area contributed by atoms with Gasteiger partial charge in [-0.1, -0.05) is 39.0 Å². The molecule has 3 rings (SSSR count). The van der Waals surface area contributed by atoms with Crippen LogP contribution in [0.25, 0.3) is 0 Å². The molecule has 1 aliphatic rings. The van der Waals surface area contributed by atoms with Gasteiger partial charge in [0.15, 0.2) is 11.5 Å². The van der Waals surface area contributed by atoms with Crippen molar-refractivity contribution in [3.8, 4) is 17.2 Å². The summed E-state index contributed by atoms with van der Waals surface area (Å²) in [7, 11) is 0. The maximum Gasteiger partial charge on any atom is 0.284 e. The molecule has 0 aliphatic carbocycles. The summed E-state index contributed by atoms with van der Waals surface area (Å²) in [5.74, 6) is 0.850. The molecule has 1 atom stereocenters. The van der Waals surface area contributed by atoms with Gasteiger partial charge in [0.1, 0.15) is 12.4 Å². The summed E-state index contributed by atoms with van der Waals surface area (Å²) in [5, 5.41) is 13.5. The van der Waals surface area contributed by atoms with Crippen LogP contribution < -0.4 is 14.9 Å². The number of fused-ring (bicyclic) bond motifs is 1. The van der Waals surface area contributed by atoms with Crippen molar-refractivity contribution in [3.63, 3.8) is 0 Å². The number of ether oxygens (including phenoxy) is 2. The third-order valence-corrected chi connectivity index (χ3v) is 4.08. The number of hydrogen-bond acceptors (Lipinski definition) is 5. The fraction of sp³-hybridized carbons (Fsp3) is 0.300. The van der Waals surface area contributed by atoms with E-state index in [1.807, 2.05) is 18.2 Å². The van der Waals surface area contributed by atoms with Crippen LogP contribution in [0.5, 0.6) is 17.2 Å². The van der Waals surface area contributed by atoms with Gasteiger partial charge in [-0.05, 0) is 35.2 Å². The van der Waals surface area contributed by atoms with E-state index in [0.717, 1.165) is 5.56 Å². The molecule has 0 aromatic heterocycles. The Bertz CT molecular complexity index is 840. The van der Waals surface area contributed by atoms with Crippen molar-refractivity contribution in [2.75, 3.05) is 6.61 Å².